The van der Waals surface area contributed by atoms with Gasteiger partial charge in [0, 0.05) is 12.1 Å². The molecule has 146 valence electrons. The van der Waals surface area contributed by atoms with E-state index in [9.17, 15) is 9.59 Å². The third-order valence-electron chi connectivity index (χ3n) is 4.53. The largest absolute Gasteiger partial charge is 0.481 e. The maximum absolute atomic E-state index is 12.6. The normalized spacial score (nSPS) is 15.6. The fraction of sp³-hybridized carbons (Fsp3) is 0.143. The Labute approximate surface area is 176 Å². The summed E-state index contributed by atoms with van der Waals surface area (Å²) >= 11 is 6.41. The summed E-state index contributed by atoms with van der Waals surface area (Å²) in [7, 11) is 0. The monoisotopic (exact) mass is 424 g/mol. The zero-order valence-electron chi connectivity index (χ0n) is 15.4. The standard InChI is InChI=1S/C21H16N2O4S2/c1-12-2-5-14(6-3-12)19-15-10-13(4-7-16(15)22-27-19)11-17-20(26)23(21(28)29-17)9-8-18(24)25/h2-7,10-11H,8-9H2,1H3,(H,24,25)/b17-11+. The van der Waals surface area contributed by atoms with Gasteiger partial charge >= 0.3 is 5.97 Å². The number of fused-ring (bicyclic) bond motifs is 1. The Hall–Kier alpha value is -2.97. The molecule has 6 nitrogen and oxygen atoms in total. The van der Waals surface area contributed by atoms with Crippen molar-refractivity contribution in [1.29, 1.82) is 0 Å². The lowest BCUT2D eigenvalue weighted by Crippen LogP contribution is -2.30. The molecule has 1 saturated heterocycles. The predicted octanol–water partition coefficient (Wildman–Crippen LogP) is 4.48. The highest BCUT2D eigenvalue weighted by Gasteiger charge is 2.32. The predicted molar refractivity (Wildman–Crippen MR) is 116 cm³/mol. The zero-order chi connectivity index (χ0) is 20.5. The Morgan fingerprint density at radius 1 is 1.28 bits per heavy atom. The second kappa shape index (κ2) is 7.81. The van der Waals surface area contributed by atoms with Crippen molar-refractivity contribution in [2.75, 3.05) is 6.54 Å². The van der Waals surface area contributed by atoms with Crippen LogP contribution in [0.3, 0.4) is 0 Å². The smallest absolute Gasteiger partial charge is 0.305 e. The molecule has 0 unspecified atom stereocenters. The van der Waals surface area contributed by atoms with Crippen molar-refractivity contribution in [2.45, 2.75) is 13.3 Å². The molecule has 0 spiro atoms. The molecular formula is C21H16N2O4S2. The topological polar surface area (TPSA) is 83.6 Å². The maximum atomic E-state index is 12.6. The molecule has 0 aliphatic carbocycles. The molecule has 1 amide bonds. The molecule has 1 aliphatic rings. The van der Waals surface area contributed by atoms with Crippen LogP contribution in [0.25, 0.3) is 28.3 Å². The average Bonchev–Trinajstić information content (AvgIpc) is 3.22. The van der Waals surface area contributed by atoms with Crippen LogP contribution in [0.15, 0.2) is 51.9 Å². The van der Waals surface area contributed by atoms with Crippen molar-refractivity contribution in [3.05, 3.63) is 58.5 Å². The van der Waals surface area contributed by atoms with Crippen molar-refractivity contribution in [2.24, 2.45) is 0 Å². The van der Waals surface area contributed by atoms with Gasteiger partial charge < -0.3 is 9.63 Å². The summed E-state index contributed by atoms with van der Waals surface area (Å²) < 4.78 is 5.92. The SMILES string of the molecule is Cc1ccc(-c2onc3ccc(/C=C4/SC(=S)N(CCC(=O)O)C4=O)cc23)cc1. The van der Waals surface area contributed by atoms with E-state index in [0.717, 1.165) is 27.6 Å². The Balaban J connectivity index is 1.65. The minimum atomic E-state index is -0.968. The van der Waals surface area contributed by atoms with E-state index in [1.54, 1.807) is 6.08 Å². The van der Waals surface area contributed by atoms with Crippen LogP contribution in [-0.4, -0.2) is 37.9 Å². The Bertz CT molecular complexity index is 1170. The summed E-state index contributed by atoms with van der Waals surface area (Å²) in [5, 5.41) is 13.8. The molecule has 0 bridgehead atoms. The highest BCUT2D eigenvalue weighted by Crippen LogP contribution is 2.34. The van der Waals surface area contributed by atoms with E-state index in [0.29, 0.717) is 15.0 Å². The first-order valence-corrected chi connectivity index (χ1v) is 10.1. The van der Waals surface area contributed by atoms with Gasteiger partial charge in [0.2, 0.25) is 0 Å². The molecule has 2 heterocycles. The molecule has 4 rings (SSSR count). The van der Waals surface area contributed by atoms with Gasteiger partial charge in [-0.2, -0.15) is 0 Å². The molecule has 2 aromatic carbocycles. The molecule has 3 aromatic rings. The zero-order valence-corrected chi connectivity index (χ0v) is 17.0. The van der Waals surface area contributed by atoms with E-state index in [2.05, 4.69) is 5.16 Å². The molecule has 29 heavy (non-hydrogen) atoms. The number of carbonyl (C=O) groups is 2. The van der Waals surface area contributed by atoms with Gasteiger partial charge in [0.1, 0.15) is 9.84 Å². The number of carboxylic acid groups (broad SMARTS) is 1. The van der Waals surface area contributed by atoms with Crippen LogP contribution in [0.4, 0.5) is 0 Å². The number of nitrogens with zero attached hydrogens (tertiary/aromatic N) is 2. The minimum Gasteiger partial charge on any atom is -0.481 e. The number of benzene rings is 2. The molecule has 0 saturated carbocycles. The summed E-state index contributed by atoms with van der Waals surface area (Å²) in [5.41, 5.74) is 3.62. The molecule has 1 aromatic heterocycles. The van der Waals surface area contributed by atoms with Crippen molar-refractivity contribution >= 4 is 57.2 Å². The van der Waals surface area contributed by atoms with E-state index in [-0.39, 0.29) is 18.9 Å². The average molecular weight is 425 g/mol. The van der Waals surface area contributed by atoms with E-state index in [1.165, 1.54) is 16.7 Å². The van der Waals surface area contributed by atoms with Crippen LogP contribution < -0.4 is 0 Å². The molecular weight excluding hydrogens is 408 g/mol. The Morgan fingerprint density at radius 3 is 2.76 bits per heavy atom. The van der Waals surface area contributed by atoms with Crippen LogP contribution in [0, 0.1) is 6.92 Å². The number of thiocarbonyl (C=S) groups is 1. The van der Waals surface area contributed by atoms with Gasteiger partial charge in [-0.1, -0.05) is 65.0 Å². The van der Waals surface area contributed by atoms with Gasteiger partial charge in [-0.15, -0.1) is 0 Å². The number of aliphatic carboxylic acids is 1. The minimum absolute atomic E-state index is 0.0690. The number of rotatable bonds is 5. The number of hydrogen-bond donors (Lipinski definition) is 1. The first kappa shape index (κ1) is 19.4. The Morgan fingerprint density at radius 2 is 2.03 bits per heavy atom. The number of carbonyl (C=O) groups excluding carboxylic acids is 1. The summed E-state index contributed by atoms with van der Waals surface area (Å²) in [6, 6.07) is 13.6. The van der Waals surface area contributed by atoms with Crippen molar-refractivity contribution in [1.82, 2.24) is 10.1 Å². The number of hydrogen-bond acceptors (Lipinski definition) is 6. The highest BCUT2D eigenvalue weighted by molar-refractivity contribution is 8.26. The first-order chi connectivity index (χ1) is 13.9. The van der Waals surface area contributed by atoms with Crippen LogP contribution in [0.5, 0.6) is 0 Å². The number of amides is 1. The van der Waals surface area contributed by atoms with Gasteiger partial charge in [0.25, 0.3) is 5.91 Å². The highest BCUT2D eigenvalue weighted by atomic mass is 32.2. The quantitative estimate of drug-likeness (QED) is 0.477. The summed E-state index contributed by atoms with van der Waals surface area (Å²) in [4.78, 5) is 25.2. The van der Waals surface area contributed by atoms with E-state index in [4.69, 9.17) is 21.8 Å². The van der Waals surface area contributed by atoms with Crippen molar-refractivity contribution in [3.8, 4) is 11.3 Å². The maximum Gasteiger partial charge on any atom is 0.305 e. The fourth-order valence-corrected chi connectivity index (χ4v) is 4.32. The lowest BCUT2D eigenvalue weighted by molar-refractivity contribution is -0.137. The summed E-state index contributed by atoms with van der Waals surface area (Å²) in [6.45, 7) is 2.09. The summed E-state index contributed by atoms with van der Waals surface area (Å²) in [6.07, 6.45) is 1.61. The van der Waals surface area contributed by atoms with Crippen LogP contribution in [0.2, 0.25) is 0 Å². The van der Waals surface area contributed by atoms with Crippen molar-refractivity contribution in [3.63, 3.8) is 0 Å². The van der Waals surface area contributed by atoms with Gasteiger partial charge in [-0.25, -0.2) is 0 Å². The third-order valence-corrected chi connectivity index (χ3v) is 5.91. The second-order valence-electron chi connectivity index (χ2n) is 6.63. The molecule has 0 atom stereocenters. The Kier molecular flexibility index (Phi) is 5.21. The molecule has 1 aliphatic heterocycles. The van der Waals surface area contributed by atoms with Gasteiger partial charge in [0.15, 0.2) is 5.76 Å². The first-order valence-electron chi connectivity index (χ1n) is 8.86. The lowest BCUT2D eigenvalue weighted by Gasteiger charge is -2.12. The van der Waals surface area contributed by atoms with E-state index >= 15 is 0 Å². The van der Waals surface area contributed by atoms with Crippen LogP contribution in [0.1, 0.15) is 17.5 Å². The molecule has 8 heteroatoms. The van der Waals surface area contributed by atoms with E-state index < -0.39 is 5.97 Å². The van der Waals surface area contributed by atoms with Gasteiger partial charge in [0.05, 0.1) is 16.7 Å². The lowest BCUT2D eigenvalue weighted by atomic mass is 10.0. The van der Waals surface area contributed by atoms with Crippen LogP contribution in [-0.2, 0) is 9.59 Å². The number of carboxylic acids is 1. The van der Waals surface area contributed by atoms with Gasteiger partial charge in [-0.05, 0) is 30.7 Å². The molecule has 1 N–H and O–H groups in total. The van der Waals surface area contributed by atoms with E-state index in [1.807, 2.05) is 49.4 Å². The number of aromatic nitrogens is 1. The van der Waals surface area contributed by atoms with Gasteiger partial charge in [-0.3, -0.25) is 14.5 Å². The molecule has 0 radical (unpaired) electrons. The van der Waals surface area contributed by atoms with Crippen LogP contribution >= 0.6 is 24.0 Å². The molecule has 1 fully saturated rings. The summed E-state index contributed by atoms with van der Waals surface area (Å²) in [5.74, 6) is -0.570. The number of thioether (sulfide) groups is 1. The number of aryl methyl sites for hydroxylation is 1. The third kappa shape index (κ3) is 3.94. The fourth-order valence-electron chi connectivity index (χ4n) is 3.01. The second-order valence-corrected chi connectivity index (χ2v) is 8.31. The van der Waals surface area contributed by atoms with Crippen molar-refractivity contribution < 1.29 is 19.2 Å².